The van der Waals surface area contributed by atoms with E-state index in [4.69, 9.17) is 9.47 Å². The van der Waals surface area contributed by atoms with Crippen molar-refractivity contribution >= 4 is 61.8 Å². The molecule has 0 N–H and O–H groups in total. The first-order valence-corrected chi connectivity index (χ1v) is 12.0. The second kappa shape index (κ2) is 10.4. The highest BCUT2D eigenvalue weighted by molar-refractivity contribution is 9.10. The Morgan fingerprint density at radius 1 is 1.18 bits per heavy atom. The number of carbonyl (C=O) groups is 3. The fraction of sp³-hybridized carbons (Fsp3) is 0.208. The first-order chi connectivity index (χ1) is 16.4. The minimum Gasteiger partial charge on any atom is -0.492 e. The maximum atomic E-state index is 13.0. The fourth-order valence-corrected chi connectivity index (χ4v) is 4.73. The highest BCUT2D eigenvalue weighted by Crippen LogP contribution is 2.34. The zero-order valence-electron chi connectivity index (χ0n) is 18.1. The van der Waals surface area contributed by atoms with Crippen molar-refractivity contribution < 1.29 is 28.2 Å². The summed E-state index contributed by atoms with van der Waals surface area (Å²) >= 11 is 4.31. The third-order valence-electron chi connectivity index (χ3n) is 5.04. The van der Waals surface area contributed by atoms with Crippen molar-refractivity contribution in [1.82, 2.24) is 9.47 Å². The summed E-state index contributed by atoms with van der Waals surface area (Å²) in [6, 6.07) is 11.1. The Morgan fingerprint density at radius 2 is 1.94 bits per heavy atom. The number of nitrogens with zero attached hydrogens (tertiary/aromatic N) is 2. The summed E-state index contributed by atoms with van der Waals surface area (Å²) in [6.07, 6.45) is 3.42. The van der Waals surface area contributed by atoms with Crippen molar-refractivity contribution in [3.05, 3.63) is 69.4 Å². The van der Waals surface area contributed by atoms with E-state index < -0.39 is 11.1 Å². The molecule has 7 nitrogen and oxygen atoms in total. The molecule has 2 amide bonds. The molecule has 10 heteroatoms. The minimum atomic E-state index is -0.418. The molecule has 0 radical (unpaired) electrons. The van der Waals surface area contributed by atoms with E-state index >= 15 is 0 Å². The normalized spacial score (nSPS) is 14.9. The Kier molecular flexibility index (Phi) is 7.38. The predicted molar refractivity (Wildman–Crippen MR) is 131 cm³/mol. The lowest BCUT2D eigenvalue weighted by molar-refractivity contribution is -0.143. The lowest BCUT2D eigenvalue weighted by Gasteiger charge is -2.13. The molecule has 1 aromatic heterocycles. The highest BCUT2D eigenvalue weighted by Gasteiger charge is 2.35. The van der Waals surface area contributed by atoms with E-state index in [0.717, 1.165) is 32.0 Å². The monoisotopic (exact) mass is 546 g/mol. The van der Waals surface area contributed by atoms with Crippen LogP contribution in [0.5, 0.6) is 5.75 Å². The predicted octanol–water partition coefficient (Wildman–Crippen LogP) is 5.22. The smallest absolute Gasteiger partial charge is 0.325 e. The molecular weight excluding hydrogens is 527 g/mol. The number of fused-ring (bicyclic) bond motifs is 1. The summed E-state index contributed by atoms with van der Waals surface area (Å²) in [5, 5.41) is 0.431. The Labute approximate surface area is 207 Å². The summed E-state index contributed by atoms with van der Waals surface area (Å²) in [6.45, 7) is 2.21. The number of hydrogen-bond acceptors (Lipinski definition) is 6. The molecular formula is C24H20BrFN2O5S. The fourth-order valence-electron chi connectivity index (χ4n) is 3.51. The van der Waals surface area contributed by atoms with Crippen LogP contribution in [0.3, 0.4) is 0 Å². The standard InChI is InChI=1S/C24H20BrFN2O5S/c1-2-32-22(29)14-27-13-15(19-12-16(25)3-8-20(19)27)11-21-23(30)28(24(31)34-21)9-10-33-18-6-4-17(26)5-7-18/h3-8,11-13H,2,9-10,14H2,1H3/b21-11-. The van der Waals surface area contributed by atoms with Crippen LogP contribution >= 0.6 is 27.7 Å². The molecule has 1 saturated heterocycles. The number of imide groups is 1. The van der Waals surface area contributed by atoms with E-state index in [2.05, 4.69) is 15.9 Å². The van der Waals surface area contributed by atoms with Gasteiger partial charge < -0.3 is 14.0 Å². The zero-order chi connectivity index (χ0) is 24.2. The van der Waals surface area contributed by atoms with Crippen molar-refractivity contribution in [1.29, 1.82) is 0 Å². The quantitative estimate of drug-likeness (QED) is 0.284. The van der Waals surface area contributed by atoms with Crippen LogP contribution in [0.2, 0.25) is 0 Å². The highest BCUT2D eigenvalue weighted by atomic mass is 79.9. The SMILES string of the molecule is CCOC(=O)Cn1cc(/C=C2\SC(=O)N(CCOc3ccc(F)cc3)C2=O)c2cc(Br)ccc21. The molecule has 2 heterocycles. The number of benzene rings is 2. The Morgan fingerprint density at radius 3 is 2.68 bits per heavy atom. The van der Waals surface area contributed by atoms with Gasteiger partial charge in [-0.15, -0.1) is 0 Å². The van der Waals surface area contributed by atoms with Crippen molar-refractivity contribution in [3.8, 4) is 5.75 Å². The van der Waals surface area contributed by atoms with Crippen LogP contribution in [0, 0.1) is 5.82 Å². The topological polar surface area (TPSA) is 77.8 Å². The van der Waals surface area contributed by atoms with Crippen LogP contribution in [0.1, 0.15) is 12.5 Å². The number of esters is 1. The van der Waals surface area contributed by atoms with Gasteiger partial charge in [-0.1, -0.05) is 15.9 Å². The minimum absolute atomic E-state index is 0.0298. The number of hydrogen-bond donors (Lipinski definition) is 0. The molecule has 3 aromatic rings. The van der Waals surface area contributed by atoms with E-state index in [-0.39, 0.29) is 43.0 Å². The molecule has 176 valence electrons. The van der Waals surface area contributed by atoms with Crippen LogP contribution in [0.15, 0.2) is 58.0 Å². The van der Waals surface area contributed by atoms with Gasteiger partial charge in [0.1, 0.15) is 24.7 Å². The first kappa shape index (κ1) is 24.0. The van der Waals surface area contributed by atoms with Crippen LogP contribution in [-0.2, 0) is 20.9 Å². The number of ether oxygens (including phenoxy) is 2. The summed E-state index contributed by atoms with van der Waals surface area (Å²) in [4.78, 5) is 38.8. The maximum absolute atomic E-state index is 13.0. The molecule has 0 atom stereocenters. The summed E-state index contributed by atoms with van der Waals surface area (Å²) in [7, 11) is 0. The number of halogens is 2. The van der Waals surface area contributed by atoms with Gasteiger partial charge in [0.2, 0.25) is 0 Å². The Balaban J connectivity index is 1.53. The molecule has 1 aliphatic rings. The molecule has 0 bridgehead atoms. The molecule has 0 unspecified atom stereocenters. The van der Waals surface area contributed by atoms with Gasteiger partial charge in [0.25, 0.3) is 11.1 Å². The van der Waals surface area contributed by atoms with Gasteiger partial charge >= 0.3 is 5.97 Å². The number of carbonyl (C=O) groups excluding carboxylic acids is 3. The van der Waals surface area contributed by atoms with Crippen molar-refractivity contribution in [2.75, 3.05) is 19.8 Å². The Bertz CT molecular complexity index is 1290. The molecule has 0 spiro atoms. The van der Waals surface area contributed by atoms with Gasteiger partial charge in [0.15, 0.2) is 0 Å². The summed E-state index contributed by atoms with van der Waals surface area (Å²) in [5.74, 6) is -0.711. The van der Waals surface area contributed by atoms with E-state index in [1.54, 1.807) is 23.8 Å². The number of aromatic nitrogens is 1. The van der Waals surface area contributed by atoms with Crippen LogP contribution in [0.4, 0.5) is 9.18 Å². The van der Waals surface area contributed by atoms with Gasteiger partial charge in [-0.05, 0) is 67.2 Å². The van der Waals surface area contributed by atoms with Gasteiger partial charge in [0, 0.05) is 27.1 Å². The van der Waals surface area contributed by atoms with Gasteiger partial charge in [-0.2, -0.15) is 0 Å². The molecule has 34 heavy (non-hydrogen) atoms. The van der Waals surface area contributed by atoms with Crippen LogP contribution < -0.4 is 4.74 Å². The summed E-state index contributed by atoms with van der Waals surface area (Å²) < 4.78 is 26.2. The average molecular weight is 547 g/mol. The molecule has 0 aliphatic carbocycles. The molecule has 0 saturated carbocycles. The number of rotatable bonds is 8. The van der Waals surface area contributed by atoms with E-state index in [1.165, 1.54) is 24.3 Å². The molecule has 4 rings (SSSR count). The number of amides is 2. The average Bonchev–Trinajstić information content (AvgIpc) is 3.26. The molecule has 1 aliphatic heterocycles. The third-order valence-corrected chi connectivity index (χ3v) is 6.44. The Hall–Kier alpha value is -3.11. The third kappa shape index (κ3) is 5.34. The van der Waals surface area contributed by atoms with Crippen LogP contribution in [-0.4, -0.2) is 46.3 Å². The van der Waals surface area contributed by atoms with Crippen molar-refractivity contribution in [2.24, 2.45) is 0 Å². The maximum Gasteiger partial charge on any atom is 0.325 e. The van der Waals surface area contributed by atoms with Crippen LogP contribution in [0.25, 0.3) is 17.0 Å². The molecule has 1 fully saturated rings. The summed E-state index contributed by atoms with van der Waals surface area (Å²) in [5.41, 5.74) is 1.50. The van der Waals surface area contributed by atoms with Gasteiger partial charge in [0.05, 0.1) is 18.1 Å². The van der Waals surface area contributed by atoms with E-state index in [0.29, 0.717) is 11.3 Å². The largest absolute Gasteiger partial charge is 0.492 e. The first-order valence-electron chi connectivity index (χ1n) is 10.4. The zero-order valence-corrected chi connectivity index (χ0v) is 20.5. The van der Waals surface area contributed by atoms with Gasteiger partial charge in [-0.3, -0.25) is 19.3 Å². The van der Waals surface area contributed by atoms with E-state index in [1.807, 2.05) is 18.2 Å². The second-order valence-corrected chi connectivity index (χ2v) is 9.22. The lowest BCUT2D eigenvalue weighted by Crippen LogP contribution is -2.32. The lowest BCUT2D eigenvalue weighted by atomic mass is 10.1. The second-order valence-electron chi connectivity index (χ2n) is 7.31. The number of thioether (sulfide) groups is 1. The molecule has 2 aromatic carbocycles. The van der Waals surface area contributed by atoms with E-state index in [9.17, 15) is 18.8 Å². The van der Waals surface area contributed by atoms with Gasteiger partial charge in [-0.25, -0.2) is 4.39 Å². The van der Waals surface area contributed by atoms with Crippen molar-refractivity contribution in [3.63, 3.8) is 0 Å². The van der Waals surface area contributed by atoms with Crippen molar-refractivity contribution in [2.45, 2.75) is 13.5 Å².